The molecule has 1 heterocycles. The van der Waals surface area contributed by atoms with Crippen molar-refractivity contribution >= 4 is 5.97 Å². The number of aromatic nitrogens is 1. The minimum atomic E-state index is -1.04. The van der Waals surface area contributed by atoms with Gasteiger partial charge in [0.1, 0.15) is 17.9 Å². The number of carboxylic acids is 1. The van der Waals surface area contributed by atoms with E-state index in [2.05, 4.69) is 4.98 Å². The fraction of sp³-hybridized carbons (Fsp3) is 0.200. The lowest BCUT2D eigenvalue weighted by Gasteiger charge is -2.12. The molecule has 104 valence electrons. The van der Waals surface area contributed by atoms with E-state index >= 15 is 0 Å². The molecule has 0 bridgehead atoms. The maximum Gasteiger partial charge on any atom is 0.339 e. The summed E-state index contributed by atoms with van der Waals surface area (Å²) >= 11 is 0. The van der Waals surface area contributed by atoms with E-state index in [0.717, 1.165) is 11.1 Å². The van der Waals surface area contributed by atoms with Crippen molar-refractivity contribution in [2.75, 3.05) is 7.11 Å². The molecule has 0 amide bonds. The van der Waals surface area contributed by atoms with Crippen LogP contribution in [0.4, 0.5) is 0 Å². The maximum atomic E-state index is 11.1. The van der Waals surface area contributed by atoms with Crippen LogP contribution in [0.1, 0.15) is 21.5 Å². The van der Waals surface area contributed by atoms with Gasteiger partial charge in [0.15, 0.2) is 5.75 Å². The molecule has 0 aliphatic rings. The number of nitrogens with zero attached hydrogens (tertiary/aromatic N) is 1. The number of benzene rings is 1. The van der Waals surface area contributed by atoms with Crippen molar-refractivity contribution in [2.24, 2.45) is 0 Å². The van der Waals surface area contributed by atoms with Gasteiger partial charge in [0.25, 0.3) is 0 Å². The molecule has 0 spiro atoms. The van der Waals surface area contributed by atoms with Crippen LogP contribution in [-0.4, -0.2) is 23.2 Å². The molecule has 0 radical (unpaired) electrons. The van der Waals surface area contributed by atoms with Crippen LogP contribution >= 0.6 is 0 Å². The highest BCUT2D eigenvalue weighted by Gasteiger charge is 2.12. The number of pyridine rings is 1. The highest BCUT2D eigenvalue weighted by atomic mass is 16.5. The Bertz CT molecular complexity index is 625. The van der Waals surface area contributed by atoms with Gasteiger partial charge in [0, 0.05) is 11.8 Å². The van der Waals surface area contributed by atoms with E-state index in [0.29, 0.717) is 5.75 Å². The number of hydrogen-bond acceptors (Lipinski definition) is 4. The first-order valence-corrected chi connectivity index (χ1v) is 6.05. The quantitative estimate of drug-likeness (QED) is 0.907. The van der Waals surface area contributed by atoms with Crippen LogP contribution in [0.3, 0.4) is 0 Å². The molecule has 5 nitrogen and oxygen atoms in total. The lowest BCUT2D eigenvalue weighted by Crippen LogP contribution is -2.05. The van der Waals surface area contributed by atoms with Gasteiger partial charge in [0.2, 0.25) is 0 Å². The topological polar surface area (TPSA) is 68.7 Å². The highest BCUT2D eigenvalue weighted by molar-refractivity contribution is 5.90. The zero-order chi connectivity index (χ0) is 14.5. The molecule has 1 N–H and O–H groups in total. The van der Waals surface area contributed by atoms with E-state index in [-0.39, 0.29) is 17.9 Å². The lowest BCUT2D eigenvalue weighted by atomic mass is 10.1. The molecular weight excluding hydrogens is 258 g/mol. The van der Waals surface area contributed by atoms with Crippen LogP contribution in [0.2, 0.25) is 0 Å². The van der Waals surface area contributed by atoms with E-state index in [1.165, 1.54) is 18.5 Å². The first kappa shape index (κ1) is 13.9. The van der Waals surface area contributed by atoms with Gasteiger partial charge in [0.05, 0.1) is 13.3 Å². The predicted octanol–water partition coefficient (Wildman–Crippen LogP) is 2.68. The van der Waals surface area contributed by atoms with Crippen LogP contribution in [0.5, 0.6) is 11.5 Å². The average Bonchev–Trinajstić information content (AvgIpc) is 2.45. The van der Waals surface area contributed by atoms with Gasteiger partial charge in [-0.15, -0.1) is 0 Å². The molecule has 0 atom stereocenters. The third-order valence-corrected chi connectivity index (χ3v) is 2.83. The summed E-state index contributed by atoms with van der Waals surface area (Å²) in [5.41, 5.74) is 2.02. The largest absolute Gasteiger partial charge is 0.496 e. The summed E-state index contributed by atoms with van der Waals surface area (Å²) in [7, 11) is 1.58. The Balaban J connectivity index is 2.21. The number of aryl methyl sites for hydroxylation is 1. The Kier molecular flexibility index (Phi) is 4.20. The van der Waals surface area contributed by atoms with Crippen molar-refractivity contribution in [1.29, 1.82) is 0 Å². The third-order valence-electron chi connectivity index (χ3n) is 2.83. The van der Waals surface area contributed by atoms with Crippen LogP contribution in [0, 0.1) is 6.92 Å². The van der Waals surface area contributed by atoms with E-state index in [1.807, 2.05) is 25.1 Å². The number of aromatic carboxylic acids is 1. The summed E-state index contributed by atoms with van der Waals surface area (Å²) in [6.07, 6.45) is 2.81. The molecule has 0 saturated heterocycles. The van der Waals surface area contributed by atoms with E-state index in [9.17, 15) is 4.79 Å². The molecule has 1 aromatic heterocycles. The first-order valence-electron chi connectivity index (χ1n) is 6.05. The Morgan fingerprint density at radius 2 is 2.10 bits per heavy atom. The Morgan fingerprint density at radius 3 is 2.80 bits per heavy atom. The van der Waals surface area contributed by atoms with Crippen molar-refractivity contribution in [1.82, 2.24) is 4.98 Å². The van der Waals surface area contributed by atoms with Gasteiger partial charge in [-0.2, -0.15) is 0 Å². The highest BCUT2D eigenvalue weighted by Crippen LogP contribution is 2.23. The van der Waals surface area contributed by atoms with E-state index < -0.39 is 5.97 Å². The monoisotopic (exact) mass is 273 g/mol. The summed E-state index contributed by atoms with van der Waals surface area (Å²) in [6, 6.07) is 7.14. The van der Waals surface area contributed by atoms with Gasteiger partial charge in [-0.3, -0.25) is 4.98 Å². The zero-order valence-corrected chi connectivity index (χ0v) is 11.3. The van der Waals surface area contributed by atoms with Crippen molar-refractivity contribution in [3.63, 3.8) is 0 Å². The fourth-order valence-corrected chi connectivity index (χ4v) is 1.85. The van der Waals surface area contributed by atoms with Crippen molar-refractivity contribution < 1.29 is 19.4 Å². The van der Waals surface area contributed by atoms with Gasteiger partial charge in [-0.05, 0) is 25.1 Å². The molecule has 20 heavy (non-hydrogen) atoms. The van der Waals surface area contributed by atoms with Crippen molar-refractivity contribution in [3.8, 4) is 11.5 Å². The average molecular weight is 273 g/mol. The molecular formula is C15H15NO4. The van der Waals surface area contributed by atoms with Crippen LogP contribution in [0.15, 0.2) is 36.7 Å². The van der Waals surface area contributed by atoms with Gasteiger partial charge >= 0.3 is 5.97 Å². The smallest absolute Gasteiger partial charge is 0.339 e. The summed E-state index contributed by atoms with van der Waals surface area (Å²) in [6.45, 7) is 2.19. The number of rotatable bonds is 5. The van der Waals surface area contributed by atoms with Crippen molar-refractivity contribution in [2.45, 2.75) is 13.5 Å². The predicted molar refractivity (Wildman–Crippen MR) is 73.3 cm³/mol. The van der Waals surface area contributed by atoms with Crippen LogP contribution < -0.4 is 9.47 Å². The molecule has 1 aromatic carbocycles. The summed E-state index contributed by atoms with van der Waals surface area (Å²) in [5.74, 6) is -0.0986. The SMILES string of the molecule is COc1ccc(C)cc1COc1cnccc1C(=O)O. The second-order valence-corrected chi connectivity index (χ2v) is 4.28. The van der Waals surface area contributed by atoms with Gasteiger partial charge in [-0.1, -0.05) is 11.6 Å². The summed E-state index contributed by atoms with van der Waals surface area (Å²) < 4.78 is 10.8. The zero-order valence-electron chi connectivity index (χ0n) is 11.3. The molecule has 0 unspecified atom stereocenters. The third kappa shape index (κ3) is 3.06. The summed E-state index contributed by atoms with van der Waals surface area (Å²) in [5, 5.41) is 9.08. The minimum Gasteiger partial charge on any atom is -0.496 e. The molecule has 0 aliphatic heterocycles. The molecule has 2 rings (SSSR count). The molecule has 0 saturated carbocycles. The molecule has 5 heteroatoms. The normalized spacial score (nSPS) is 10.1. The lowest BCUT2D eigenvalue weighted by molar-refractivity contribution is 0.0691. The second-order valence-electron chi connectivity index (χ2n) is 4.28. The van der Waals surface area contributed by atoms with Crippen LogP contribution in [-0.2, 0) is 6.61 Å². The molecule has 0 aliphatic carbocycles. The number of methoxy groups -OCH3 is 1. The van der Waals surface area contributed by atoms with Crippen LogP contribution in [0.25, 0.3) is 0 Å². The second kappa shape index (κ2) is 6.06. The van der Waals surface area contributed by atoms with E-state index in [1.54, 1.807) is 7.11 Å². The minimum absolute atomic E-state index is 0.0895. The Morgan fingerprint density at radius 1 is 1.30 bits per heavy atom. The van der Waals surface area contributed by atoms with E-state index in [4.69, 9.17) is 14.6 Å². The number of ether oxygens (including phenoxy) is 2. The number of hydrogen-bond donors (Lipinski definition) is 1. The standard InChI is InChI=1S/C15H15NO4/c1-10-3-4-13(19-2)11(7-10)9-20-14-8-16-6-5-12(14)15(17)18/h3-8H,9H2,1-2H3,(H,17,18). The Hall–Kier alpha value is -2.56. The van der Waals surface area contributed by atoms with Gasteiger partial charge < -0.3 is 14.6 Å². The first-order chi connectivity index (χ1) is 9.61. The summed E-state index contributed by atoms with van der Waals surface area (Å²) in [4.78, 5) is 15.0. The number of carbonyl (C=O) groups is 1. The fourth-order valence-electron chi connectivity index (χ4n) is 1.85. The molecule has 2 aromatic rings. The Labute approximate surface area is 116 Å². The number of carboxylic acid groups (broad SMARTS) is 1. The van der Waals surface area contributed by atoms with Crippen molar-refractivity contribution in [3.05, 3.63) is 53.3 Å². The van der Waals surface area contributed by atoms with Gasteiger partial charge in [-0.25, -0.2) is 4.79 Å². The maximum absolute atomic E-state index is 11.1. The molecule has 0 fully saturated rings.